The minimum atomic E-state index is -0.223. The highest BCUT2D eigenvalue weighted by molar-refractivity contribution is 6.30. The Morgan fingerprint density at radius 3 is 2.70 bits per heavy atom. The van der Waals surface area contributed by atoms with Crippen LogP contribution >= 0.6 is 11.6 Å². The number of piperidine rings is 1. The van der Waals surface area contributed by atoms with Crippen molar-refractivity contribution in [2.24, 2.45) is 16.6 Å². The lowest BCUT2D eigenvalue weighted by atomic mass is 9.95. The van der Waals surface area contributed by atoms with E-state index in [-0.39, 0.29) is 11.9 Å². The molecule has 1 aromatic rings. The van der Waals surface area contributed by atoms with Gasteiger partial charge in [0.25, 0.3) is 0 Å². The lowest BCUT2D eigenvalue weighted by molar-refractivity contribution is -0.119. The predicted molar refractivity (Wildman–Crippen MR) is 112 cm³/mol. The highest BCUT2D eigenvalue weighted by Gasteiger charge is 2.24. The van der Waals surface area contributed by atoms with Crippen molar-refractivity contribution in [3.05, 3.63) is 34.9 Å². The van der Waals surface area contributed by atoms with Crippen LogP contribution in [0.2, 0.25) is 5.02 Å². The van der Waals surface area contributed by atoms with Gasteiger partial charge in [0, 0.05) is 31.1 Å². The van der Waals surface area contributed by atoms with Crippen molar-refractivity contribution in [2.45, 2.75) is 32.2 Å². The van der Waals surface area contributed by atoms with E-state index in [1.165, 1.54) is 5.56 Å². The largest absolute Gasteiger partial charge is 0.370 e. The van der Waals surface area contributed by atoms with Crippen LogP contribution in [0, 0.1) is 5.92 Å². The van der Waals surface area contributed by atoms with E-state index < -0.39 is 0 Å². The number of nitrogens with zero attached hydrogens (tertiary/aromatic N) is 3. The fraction of sp³-hybridized carbons (Fsp3) is 0.600. The Morgan fingerprint density at radius 2 is 2.11 bits per heavy atom. The summed E-state index contributed by atoms with van der Waals surface area (Å²) in [5, 5.41) is 4.14. The number of hydrogen-bond acceptors (Lipinski definition) is 3. The van der Waals surface area contributed by atoms with E-state index in [2.05, 4.69) is 48.3 Å². The highest BCUT2D eigenvalue weighted by atomic mass is 35.5. The summed E-state index contributed by atoms with van der Waals surface area (Å²) in [7, 11) is 4.12. The molecule has 1 amide bonds. The van der Waals surface area contributed by atoms with Gasteiger partial charge >= 0.3 is 0 Å². The van der Waals surface area contributed by atoms with E-state index in [0.717, 1.165) is 43.5 Å². The molecule has 0 aromatic heterocycles. The monoisotopic (exact) mass is 393 g/mol. The van der Waals surface area contributed by atoms with Crippen molar-refractivity contribution in [3.8, 4) is 0 Å². The molecular weight excluding hydrogens is 362 g/mol. The second-order valence-corrected chi connectivity index (χ2v) is 7.79. The Morgan fingerprint density at radius 1 is 1.41 bits per heavy atom. The summed E-state index contributed by atoms with van der Waals surface area (Å²) in [4.78, 5) is 20.6. The summed E-state index contributed by atoms with van der Waals surface area (Å²) in [5.74, 6) is 0.993. The maximum absolute atomic E-state index is 11.3. The number of benzene rings is 1. The van der Waals surface area contributed by atoms with Crippen LogP contribution in [-0.2, 0) is 4.79 Å². The van der Waals surface area contributed by atoms with Crippen LogP contribution in [0.3, 0.4) is 0 Å². The number of carbonyl (C=O) groups excluding carboxylic acids is 1. The minimum Gasteiger partial charge on any atom is -0.370 e. The summed E-state index contributed by atoms with van der Waals surface area (Å²) in [5.41, 5.74) is 6.58. The van der Waals surface area contributed by atoms with Crippen molar-refractivity contribution >= 4 is 23.5 Å². The number of primary amides is 1. The van der Waals surface area contributed by atoms with E-state index in [1.54, 1.807) is 0 Å². The molecular formula is C20H32ClN5O. The first-order chi connectivity index (χ1) is 12.9. The number of nitrogens with one attached hydrogen (secondary N) is 1. The third kappa shape index (κ3) is 6.70. The molecule has 0 aliphatic carbocycles. The lowest BCUT2D eigenvalue weighted by Gasteiger charge is -2.35. The molecule has 7 heteroatoms. The van der Waals surface area contributed by atoms with Crippen LogP contribution in [0.15, 0.2) is 29.3 Å². The molecule has 2 atom stereocenters. The first-order valence-electron chi connectivity index (χ1n) is 9.64. The van der Waals surface area contributed by atoms with E-state index in [9.17, 15) is 4.79 Å². The van der Waals surface area contributed by atoms with E-state index in [1.807, 2.05) is 12.1 Å². The molecule has 0 saturated carbocycles. The number of guanidine groups is 1. The third-order valence-electron chi connectivity index (χ3n) is 4.94. The van der Waals surface area contributed by atoms with Crippen LogP contribution < -0.4 is 11.1 Å². The third-order valence-corrected chi connectivity index (χ3v) is 5.19. The number of rotatable bonds is 7. The molecule has 27 heavy (non-hydrogen) atoms. The first kappa shape index (κ1) is 21.5. The Kier molecular flexibility index (Phi) is 8.38. The molecule has 1 heterocycles. The van der Waals surface area contributed by atoms with Gasteiger partial charge in [-0.25, -0.2) is 0 Å². The van der Waals surface area contributed by atoms with Gasteiger partial charge in [0.15, 0.2) is 5.96 Å². The molecule has 0 bridgehead atoms. The number of aliphatic imine (C=N–C) groups is 1. The molecule has 1 aromatic carbocycles. The number of nitrogens with two attached hydrogens (primary N) is 1. The minimum absolute atomic E-state index is 0.169. The van der Waals surface area contributed by atoms with Crippen LogP contribution in [0.4, 0.5) is 0 Å². The summed E-state index contributed by atoms with van der Waals surface area (Å²) in [6.07, 6.45) is 2.54. The van der Waals surface area contributed by atoms with Gasteiger partial charge in [-0.05, 0) is 57.5 Å². The average molecular weight is 394 g/mol. The Hall–Kier alpha value is -1.79. The normalized spacial score (nSPS) is 19.2. The van der Waals surface area contributed by atoms with Crippen molar-refractivity contribution in [1.82, 2.24) is 15.1 Å². The van der Waals surface area contributed by atoms with E-state index in [0.29, 0.717) is 18.9 Å². The highest BCUT2D eigenvalue weighted by Crippen LogP contribution is 2.22. The summed E-state index contributed by atoms with van der Waals surface area (Å²) < 4.78 is 0. The predicted octanol–water partition coefficient (Wildman–Crippen LogP) is 2.50. The molecule has 6 nitrogen and oxygen atoms in total. The molecule has 0 spiro atoms. The number of likely N-dealkylation sites (N-methyl/N-ethyl adjacent to an activating group) is 1. The summed E-state index contributed by atoms with van der Waals surface area (Å²) >= 11 is 6.03. The zero-order chi connectivity index (χ0) is 19.8. The number of amides is 1. The average Bonchev–Trinajstić information content (AvgIpc) is 2.62. The number of carbonyl (C=O) groups is 1. The number of halogens is 1. The summed E-state index contributed by atoms with van der Waals surface area (Å²) in [6, 6.07) is 8.11. The second-order valence-electron chi connectivity index (χ2n) is 7.35. The topological polar surface area (TPSA) is 74.0 Å². The Balaban J connectivity index is 2.12. The summed E-state index contributed by atoms with van der Waals surface area (Å²) in [6.45, 7) is 5.30. The van der Waals surface area contributed by atoms with Gasteiger partial charge in [0.05, 0.1) is 12.6 Å². The molecule has 1 aliphatic heterocycles. The molecule has 0 radical (unpaired) electrons. The molecule has 1 saturated heterocycles. The molecule has 2 rings (SSSR count). The van der Waals surface area contributed by atoms with Crippen LogP contribution in [-0.4, -0.2) is 61.9 Å². The fourth-order valence-corrected chi connectivity index (χ4v) is 3.69. The van der Waals surface area contributed by atoms with E-state index in [4.69, 9.17) is 22.3 Å². The number of likely N-dealkylation sites (tertiary alicyclic amines) is 1. The number of hydrogen-bond donors (Lipinski definition) is 2. The second kappa shape index (κ2) is 10.5. The van der Waals surface area contributed by atoms with Gasteiger partial charge in [0.2, 0.25) is 5.91 Å². The Bertz CT molecular complexity index is 632. The molecule has 3 N–H and O–H groups in total. The maximum Gasteiger partial charge on any atom is 0.217 e. The van der Waals surface area contributed by atoms with Gasteiger partial charge in [-0.15, -0.1) is 0 Å². The van der Waals surface area contributed by atoms with Crippen LogP contribution in [0.25, 0.3) is 0 Å². The first-order valence-corrected chi connectivity index (χ1v) is 10.0. The zero-order valence-electron chi connectivity index (χ0n) is 16.6. The zero-order valence-corrected chi connectivity index (χ0v) is 17.4. The van der Waals surface area contributed by atoms with Gasteiger partial charge in [-0.1, -0.05) is 23.7 Å². The fourth-order valence-electron chi connectivity index (χ4n) is 3.56. The SMILES string of the molecule is CCNC(=NCC(c1ccc(Cl)cc1)N(C)C)N1CCCC(CC(N)=O)C1. The van der Waals surface area contributed by atoms with Crippen molar-refractivity contribution in [2.75, 3.05) is 40.3 Å². The standard InChI is InChI=1S/C20H32ClN5O/c1-4-23-20(26-11-5-6-15(14-26)12-19(22)27)24-13-18(25(2)3)16-7-9-17(21)10-8-16/h7-10,15,18H,4-6,11-14H2,1-3H3,(H2,22,27)(H,23,24). The lowest BCUT2D eigenvalue weighted by Crippen LogP contribution is -2.47. The van der Waals surface area contributed by atoms with Gasteiger partial charge < -0.3 is 20.9 Å². The molecule has 2 unspecified atom stereocenters. The molecule has 1 aliphatic rings. The van der Waals surface area contributed by atoms with Gasteiger partial charge in [-0.2, -0.15) is 0 Å². The van der Waals surface area contributed by atoms with E-state index >= 15 is 0 Å². The Labute approximate surface area is 167 Å². The smallest absolute Gasteiger partial charge is 0.217 e. The van der Waals surface area contributed by atoms with Crippen molar-refractivity contribution in [1.29, 1.82) is 0 Å². The maximum atomic E-state index is 11.3. The van der Waals surface area contributed by atoms with Crippen LogP contribution in [0.1, 0.15) is 37.8 Å². The molecule has 150 valence electrons. The van der Waals surface area contributed by atoms with Crippen LogP contribution in [0.5, 0.6) is 0 Å². The van der Waals surface area contributed by atoms with Gasteiger partial charge in [-0.3, -0.25) is 9.79 Å². The van der Waals surface area contributed by atoms with Crippen molar-refractivity contribution < 1.29 is 4.79 Å². The van der Waals surface area contributed by atoms with Crippen molar-refractivity contribution in [3.63, 3.8) is 0 Å². The molecule has 1 fully saturated rings. The van der Waals surface area contributed by atoms with Gasteiger partial charge in [0.1, 0.15) is 0 Å². The quantitative estimate of drug-likeness (QED) is 0.551.